The number of carbonyl (C=O) groups is 2. The molecule has 0 aromatic rings. The van der Waals surface area contributed by atoms with Crippen LogP contribution in [0.5, 0.6) is 0 Å². The van der Waals surface area contributed by atoms with Gasteiger partial charge in [0, 0.05) is 0 Å². The molecule has 0 amide bonds. The van der Waals surface area contributed by atoms with Gasteiger partial charge in [0.1, 0.15) is 12.2 Å². The van der Waals surface area contributed by atoms with Gasteiger partial charge >= 0.3 is 11.9 Å². The number of hydrogen-bond donors (Lipinski definition) is 0. The molecule has 3 saturated carbocycles. The number of esters is 2. The standard InChI is InChI=1S/C19H30O4/c20-17(22-15-9-3-1-4-10-15)19(13-7-8-14-19)18(21)23-16-11-5-2-6-12-16/h15-16H,1-14H2. The maximum absolute atomic E-state index is 12.8. The molecule has 0 aliphatic heterocycles. The molecule has 0 aromatic heterocycles. The molecule has 0 spiro atoms. The lowest BCUT2D eigenvalue weighted by molar-refractivity contribution is -0.180. The molecule has 130 valence electrons. The SMILES string of the molecule is O=C(OC1CCCCC1)C1(C(=O)OC2CCCCC2)CCCC1. The summed E-state index contributed by atoms with van der Waals surface area (Å²) in [6, 6.07) is 0. The van der Waals surface area contributed by atoms with Gasteiger partial charge < -0.3 is 9.47 Å². The number of rotatable bonds is 4. The topological polar surface area (TPSA) is 52.6 Å². The minimum Gasteiger partial charge on any atom is -0.462 e. The molecule has 4 heteroatoms. The van der Waals surface area contributed by atoms with Gasteiger partial charge in [0.25, 0.3) is 0 Å². The summed E-state index contributed by atoms with van der Waals surface area (Å²) in [5, 5.41) is 0. The number of hydrogen-bond acceptors (Lipinski definition) is 4. The molecular formula is C19H30O4. The largest absolute Gasteiger partial charge is 0.462 e. The number of carbonyl (C=O) groups excluding carboxylic acids is 2. The Morgan fingerprint density at radius 3 is 1.39 bits per heavy atom. The van der Waals surface area contributed by atoms with Crippen molar-refractivity contribution in [2.24, 2.45) is 5.41 Å². The van der Waals surface area contributed by atoms with E-state index < -0.39 is 5.41 Å². The first kappa shape index (κ1) is 16.8. The lowest BCUT2D eigenvalue weighted by Crippen LogP contribution is -2.43. The van der Waals surface area contributed by atoms with E-state index in [4.69, 9.17) is 9.47 Å². The Morgan fingerprint density at radius 2 is 1.00 bits per heavy atom. The van der Waals surface area contributed by atoms with Crippen molar-refractivity contribution in [2.75, 3.05) is 0 Å². The Kier molecular flexibility index (Phi) is 5.60. The highest BCUT2D eigenvalue weighted by molar-refractivity contribution is 6.00. The molecule has 0 aromatic carbocycles. The van der Waals surface area contributed by atoms with E-state index >= 15 is 0 Å². The van der Waals surface area contributed by atoms with Crippen LogP contribution in [0.2, 0.25) is 0 Å². The fourth-order valence-electron chi connectivity index (χ4n) is 4.36. The molecule has 3 aliphatic carbocycles. The second-order valence-corrected chi connectivity index (χ2v) is 7.62. The Morgan fingerprint density at radius 1 is 0.609 bits per heavy atom. The molecule has 0 atom stereocenters. The average Bonchev–Trinajstić information content (AvgIpc) is 3.08. The van der Waals surface area contributed by atoms with Crippen LogP contribution >= 0.6 is 0 Å². The van der Waals surface area contributed by atoms with Gasteiger partial charge in [0.2, 0.25) is 0 Å². The van der Waals surface area contributed by atoms with Crippen LogP contribution in [0.15, 0.2) is 0 Å². The zero-order valence-electron chi connectivity index (χ0n) is 14.2. The van der Waals surface area contributed by atoms with E-state index in [1.807, 2.05) is 0 Å². The summed E-state index contributed by atoms with van der Waals surface area (Å²) in [5.74, 6) is -0.606. The maximum atomic E-state index is 12.8. The first-order chi connectivity index (χ1) is 11.2. The van der Waals surface area contributed by atoms with Gasteiger partial charge in [-0.2, -0.15) is 0 Å². The van der Waals surface area contributed by atoms with Gasteiger partial charge in [0.15, 0.2) is 5.41 Å². The predicted octanol–water partition coefficient (Wildman–Crippen LogP) is 4.30. The Labute approximate surface area is 139 Å². The molecule has 23 heavy (non-hydrogen) atoms. The summed E-state index contributed by atoms with van der Waals surface area (Å²) < 4.78 is 11.5. The summed E-state index contributed by atoms with van der Waals surface area (Å²) in [6.45, 7) is 0. The van der Waals surface area contributed by atoms with E-state index in [0.29, 0.717) is 12.8 Å². The van der Waals surface area contributed by atoms with Crippen LogP contribution in [0, 0.1) is 5.41 Å². The van der Waals surface area contributed by atoms with Crippen molar-refractivity contribution >= 4 is 11.9 Å². The third kappa shape index (κ3) is 3.89. The quantitative estimate of drug-likeness (QED) is 0.572. The van der Waals surface area contributed by atoms with Crippen LogP contribution in [0.25, 0.3) is 0 Å². The van der Waals surface area contributed by atoms with E-state index in [1.54, 1.807) is 0 Å². The van der Waals surface area contributed by atoms with E-state index in [9.17, 15) is 9.59 Å². The van der Waals surface area contributed by atoms with Crippen LogP contribution in [-0.4, -0.2) is 24.1 Å². The fourth-order valence-corrected chi connectivity index (χ4v) is 4.36. The van der Waals surface area contributed by atoms with Gasteiger partial charge in [-0.25, -0.2) is 0 Å². The predicted molar refractivity (Wildman–Crippen MR) is 86.8 cm³/mol. The van der Waals surface area contributed by atoms with Crippen molar-refractivity contribution in [3.63, 3.8) is 0 Å². The second-order valence-electron chi connectivity index (χ2n) is 7.62. The lowest BCUT2D eigenvalue weighted by atomic mass is 9.85. The zero-order chi connectivity index (χ0) is 16.1. The van der Waals surface area contributed by atoms with Gasteiger partial charge in [0.05, 0.1) is 0 Å². The molecule has 0 N–H and O–H groups in total. The third-order valence-electron chi connectivity index (χ3n) is 5.89. The third-order valence-corrected chi connectivity index (χ3v) is 5.89. The molecule has 0 bridgehead atoms. The summed E-state index contributed by atoms with van der Waals surface area (Å²) in [7, 11) is 0. The van der Waals surface area contributed by atoms with Gasteiger partial charge in [-0.1, -0.05) is 25.7 Å². The van der Waals surface area contributed by atoms with Gasteiger partial charge in [-0.05, 0) is 64.2 Å². The Hall–Kier alpha value is -1.06. The summed E-state index contributed by atoms with van der Waals surface area (Å²) in [6.07, 6.45) is 13.8. The Bertz CT molecular complexity index is 379. The van der Waals surface area contributed by atoms with Crippen molar-refractivity contribution < 1.29 is 19.1 Å². The summed E-state index contributed by atoms with van der Waals surface area (Å²) in [4.78, 5) is 25.6. The average molecular weight is 322 g/mol. The fraction of sp³-hybridized carbons (Fsp3) is 0.895. The molecule has 3 fully saturated rings. The molecule has 0 unspecified atom stereocenters. The van der Waals surface area contributed by atoms with Crippen molar-refractivity contribution in [3.05, 3.63) is 0 Å². The molecule has 0 radical (unpaired) electrons. The summed E-state index contributed by atoms with van der Waals surface area (Å²) in [5.41, 5.74) is -1.01. The van der Waals surface area contributed by atoms with Crippen LogP contribution in [-0.2, 0) is 19.1 Å². The molecule has 0 saturated heterocycles. The molecule has 0 heterocycles. The van der Waals surface area contributed by atoms with Crippen molar-refractivity contribution in [1.82, 2.24) is 0 Å². The van der Waals surface area contributed by atoms with Crippen molar-refractivity contribution in [2.45, 2.75) is 102 Å². The Balaban J connectivity index is 1.62. The molecule has 4 nitrogen and oxygen atoms in total. The second kappa shape index (κ2) is 7.67. The van der Waals surface area contributed by atoms with E-state index in [-0.39, 0.29) is 24.1 Å². The normalized spacial score (nSPS) is 25.9. The highest BCUT2D eigenvalue weighted by Crippen LogP contribution is 2.42. The minimum atomic E-state index is -1.01. The van der Waals surface area contributed by atoms with Crippen molar-refractivity contribution in [3.8, 4) is 0 Å². The van der Waals surface area contributed by atoms with Crippen LogP contribution in [0.3, 0.4) is 0 Å². The van der Waals surface area contributed by atoms with E-state index in [0.717, 1.165) is 64.2 Å². The van der Waals surface area contributed by atoms with Crippen LogP contribution in [0.4, 0.5) is 0 Å². The lowest BCUT2D eigenvalue weighted by Gasteiger charge is -2.31. The van der Waals surface area contributed by atoms with Gasteiger partial charge in [-0.3, -0.25) is 9.59 Å². The first-order valence-electron chi connectivity index (χ1n) is 9.63. The minimum absolute atomic E-state index is 0.0104. The van der Waals surface area contributed by atoms with Gasteiger partial charge in [-0.15, -0.1) is 0 Å². The van der Waals surface area contributed by atoms with Crippen LogP contribution < -0.4 is 0 Å². The smallest absolute Gasteiger partial charge is 0.323 e. The zero-order valence-corrected chi connectivity index (χ0v) is 14.2. The van der Waals surface area contributed by atoms with E-state index in [2.05, 4.69) is 0 Å². The molecule has 3 rings (SSSR count). The highest BCUT2D eigenvalue weighted by atomic mass is 16.6. The first-order valence-corrected chi connectivity index (χ1v) is 9.63. The molecular weight excluding hydrogens is 292 g/mol. The molecule has 3 aliphatic rings. The van der Waals surface area contributed by atoms with Crippen LogP contribution in [0.1, 0.15) is 89.9 Å². The van der Waals surface area contributed by atoms with Crippen molar-refractivity contribution in [1.29, 1.82) is 0 Å². The maximum Gasteiger partial charge on any atom is 0.323 e. The number of ether oxygens (including phenoxy) is 2. The summed E-state index contributed by atoms with van der Waals surface area (Å²) >= 11 is 0. The highest BCUT2D eigenvalue weighted by Gasteiger charge is 2.52. The monoisotopic (exact) mass is 322 g/mol. The van der Waals surface area contributed by atoms with E-state index in [1.165, 1.54) is 12.8 Å².